The van der Waals surface area contributed by atoms with E-state index in [4.69, 9.17) is 32.7 Å². The molecule has 0 radical (unpaired) electrons. The number of carbonyl (C=O) groups excluding carboxylic acids is 2. The van der Waals surface area contributed by atoms with Crippen LogP contribution in [-0.2, 0) is 4.79 Å². The van der Waals surface area contributed by atoms with Crippen molar-refractivity contribution in [2.45, 2.75) is 13.3 Å². The monoisotopic (exact) mass is 424 g/mol. The third kappa shape index (κ3) is 5.53. The van der Waals surface area contributed by atoms with Gasteiger partial charge in [0.15, 0.2) is 0 Å². The van der Waals surface area contributed by atoms with Gasteiger partial charge in [0.2, 0.25) is 5.91 Å². The summed E-state index contributed by atoms with van der Waals surface area (Å²) in [4.78, 5) is 26.9. The third-order valence-electron chi connectivity index (χ3n) is 3.96. The summed E-state index contributed by atoms with van der Waals surface area (Å²) in [5.74, 6) is 0.286. The molecular formula is C20H22Cl2N2O4. The summed E-state index contributed by atoms with van der Waals surface area (Å²) < 4.78 is 10.5. The molecule has 28 heavy (non-hydrogen) atoms. The second-order valence-electron chi connectivity index (χ2n) is 5.97. The molecule has 1 N–H and O–H groups in total. The second-order valence-corrected chi connectivity index (χ2v) is 6.81. The molecule has 8 heteroatoms. The maximum Gasteiger partial charge on any atom is 0.258 e. The Labute approximate surface area is 174 Å². The van der Waals surface area contributed by atoms with Crippen LogP contribution >= 0.6 is 23.2 Å². The van der Waals surface area contributed by atoms with E-state index in [0.717, 1.165) is 0 Å². The third-order valence-corrected chi connectivity index (χ3v) is 4.51. The Balaban J connectivity index is 2.18. The van der Waals surface area contributed by atoms with Crippen molar-refractivity contribution in [2.75, 3.05) is 32.6 Å². The highest BCUT2D eigenvalue weighted by Crippen LogP contribution is 2.27. The topological polar surface area (TPSA) is 67.9 Å². The number of methoxy groups -OCH3 is 2. The number of nitrogens with zero attached hydrogens (tertiary/aromatic N) is 1. The zero-order valence-electron chi connectivity index (χ0n) is 15.9. The summed E-state index contributed by atoms with van der Waals surface area (Å²) in [5.41, 5.74) is 0.788. The van der Waals surface area contributed by atoms with Gasteiger partial charge in [0, 0.05) is 17.6 Å². The molecule has 0 heterocycles. The molecule has 0 aliphatic heterocycles. The first-order chi connectivity index (χ1) is 13.4. The molecule has 0 bridgehead atoms. The van der Waals surface area contributed by atoms with Crippen molar-refractivity contribution in [2.24, 2.45) is 0 Å². The molecule has 0 aliphatic carbocycles. The van der Waals surface area contributed by atoms with E-state index in [9.17, 15) is 9.59 Å². The van der Waals surface area contributed by atoms with Gasteiger partial charge in [-0.2, -0.15) is 0 Å². The number of rotatable bonds is 8. The number of hydrogen-bond donors (Lipinski definition) is 1. The van der Waals surface area contributed by atoms with Crippen LogP contribution in [0.3, 0.4) is 0 Å². The van der Waals surface area contributed by atoms with Crippen LogP contribution in [0.1, 0.15) is 23.7 Å². The number of hydrogen-bond acceptors (Lipinski definition) is 4. The van der Waals surface area contributed by atoms with Gasteiger partial charge in [-0.3, -0.25) is 9.59 Å². The van der Waals surface area contributed by atoms with Crippen LogP contribution in [0.25, 0.3) is 0 Å². The van der Waals surface area contributed by atoms with Crippen molar-refractivity contribution < 1.29 is 19.1 Å². The zero-order chi connectivity index (χ0) is 20.7. The van der Waals surface area contributed by atoms with Gasteiger partial charge in [0.1, 0.15) is 18.0 Å². The van der Waals surface area contributed by atoms with Gasteiger partial charge in [-0.1, -0.05) is 30.1 Å². The van der Waals surface area contributed by atoms with Gasteiger partial charge in [-0.05, 0) is 36.8 Å². The molecule has 0 spiro atoms. The quantitative estimate of drug-likeness (QED) is 0.676. The molecule has 2 rings (SSSR count). The Morgan fingerprint density at radius 2 is 1.82 bits per heavy atom. The Hall–Kier alpha value is -2.44. The van der Waals surface area contributed by atoms with Crippen molar-refractivity contribution in [1.82, 2.24) is 4.90 Å². The van der Waals surface area contributed by atoms with Crippen LogP contribution in [0.2, 0.25) is 10.0 Å². The highest BCUT2D eigenvalue weighted by atomic mass is 35.5. The first-order valence-electron chi connectivity index (χ1n) is 8.65. The van der Waals surface area contributed by atoms with Gasteiger partial charge in [0.25, 0.3) is 5.91 Å². The SMILES string of the molecule is CCCN(CC(=O)Nc1ccc(Cl)cc1Cl)C(=O)c1ccc(OC)cc1OC. The predicted molar refractivity (Wildman–Crippen MR) is 111 cm³/mol. The summed E-state index contributed by atoms with van der Waals surface area (Å²) >= 11 is 12.0. The second kappa shape index (κ2) is 10.2. The van der Waals surface area contributed by atoms with E-state index in [1.54, 1.807) is 30.3 Å². The fraction of sp³-hybridized carbons (Fsp3) is 0.300. The van der Waals surface area contributed by atoms with Crippen molar-refractivity contribution >= 4 is 40.7 Å². The predicted octanol–water partition coefficient (Wildman–Crippen LogP) is 4.50. The number of benzene rings is 2. The molecule has 0 aromatic heterocycles. The van der Waals surface area contributed by atoms with E-state index in [2.05, 4.69) is 5.32 Å². The highest BCUT2D eigenvalue weighted by Gasteiger charge is 2.22. The smallest absolute Gasteiger partial charge is 0.258 e. The van der Waals surface area contributed by atoms with E-state index in [1.807, 2.05) is 6.92 Å². The summed E-state index contributed by atoms with van der Waals surface area (Å²) in [6.07, 6.45) is 0.694. The number of nitrogens with one attached hydrogen (secondary N) is 1. The highest BCUT2D eigenvalue weighted by molar-refractivity contribution is 6.36. The largest absolute Gasteiger partial charge is 0.497 e. The van der Waals surface area contributed by atoms with Crippen molar-refractivity contribution in [1.29, 1.82) is 0 Å². The van der Waals surface area contributed by atoms with Crippen LogP contribution in [0.15, 0.2) is 36.4 Å². The number of amides is 2. The average molecular weight is 425 g/mol. The minimum Gasteiger partial charge on any atom is -0.497 e. The molecule has 0 saturated heterocycles. The van der Waals surface area contributed by atoms with Gasteiger partial charge in [-0.25, -0.2) is 0 Å². The number of carbonyl (C=O) groups is 2. The standard InChI is InChI=1S/C20H22Cl2N2O4/c1-4-9-24(12-19(25)23-17-8-5-13(21)10-16(17)22)20(26)15-7-6-14(27-2)11-18(15)28-3/h5-8,10-11H,4,9,12H2,1-3H3,(H,23,25). The molecule has 0 fully saturated rings. The van der Waals surface area contributed by atoms with Crippen molar-refractivity contribution in [3.63, 3.8) is 0 Å². The zero-order valence-corrected chi connectivity index (χ0v) is 17.4. The Kier molecular flexibility index (Phi) is 7.96. The Morgan fingerprint density at radius 1 is 1.07 bits per heavy atom. The Bertz CT molecular complexity index is 858. The lowest BCUT2D eigenvalue weighted by Gasteiger charge is -2.23. The molecule has 0 atom stereocenters. The van der Waals surface area contributed by atoms with Gasteiger partial charge in [0.05, 0.1) is 30.5 Å². The molecule has 150 valence electrons. The molecule has 0 unspecified atom stereocenters. The molecule has 2 aromatic rings. The molecule has 0 aliphatic rings. The lowest BCUT2D eigenvalue weighted by atomic mass is 10.1. The summed E-state index contributed by atoms with van der Waals surface area (Å²) in [6.45, 7) is 2.22. The van der Waals surface area contributed by atoms with Gasteiger partial charge in [-0.15, -0.1) is 0 Å². The normalized spacial score (nSPS) is 10.3. The number of halogens is 2. The van der Waals surface area contributed by atoms with Crippen LogP contribution in [0.5, 0.6) is 11.5 Å². The fourth-order valence-corrected chi connectivity index (χ4v) is 3.08. The van der Waals surface area contributed by atoms with Crippen LogP contribution in [0.4, 0.5) is 5.69 Å². The van der Waals surface area contributed by atoms with E-state index in [0.29, 0.717) is 45.8 Å². The van der Waals surface area contributed by atoms with E-state index in [-0.39, 0.29) is 18.4 Å². The molecule has 2 amide bonds. The minimum absolute atomic E-state index is 0.124. The van der Waals surface area contributed by atoms with E-state index < -0.39 is 0 Å². The lowest BCUT2D eigenvalue weighted by molar-refractivity contribution is -0.116. The van der Waals surface area contributed by atoms with E-state index >= 15 is 0 Å². The first-order valence-corrected chi connectivity index (χ1v) is 9.41. The van der Waals surface area contributed by atoms with Crippen molar-refractivity contribution in [3.8, 4) is 11.5 Å². The van der Waals surface area contributed by atoms with Crippen LogP contribution < -0.4 is 14.8 Å². The Morgan fingerprint density at radius 3 is 2.43 bits per heavy atom. The summed E-state index contributed by atoms with van der Waals surface area (Å²) in [6, 6.07) is 9.70. The minimum atomic E-state index is -0.362. The van der Waals surface area contributed by atoms with Crippen molar-refractivity contribution in [3.05, 3.63) is 52.0 Å². The molecular weight excluding hydrogens is 403 g/mol. The van der Waals surface area contributed by atoms with E-state index in [1.165, 1.54) is 25.2 Å². The fourth-order valence-electron chi connectivity index (χ4n) is 2.62. The van der Waals surface area contributed by atoms with Gasteiger partial charge >= 0.3 is 0 Å². The number of ether oxygens (including phenoxy) is 2. The first kappa shape index (κ1) is 21.9. The average Bonchev–Trinajstić information content (AvgIpc) is 2.68. The maximum absolute atomic E-state index is 13.0. The summed E-state index contributed by atoms with van der Waals surface area (Å²) in [5, 5.41) is 3.50. The summed E-state index contributed by atoms with van der Waals surface area (Å²) in [7, 11) is 3.01. The lowest BCUT2D eigenvalue weighted by Crippen LogP contribution is -2.38. The van der Waals surface area contributed by atoms with Crippen LogP contribution in [-0.4, -0.2) is 44.0 Å². The number of anilines is 1. The molecule has 6 nitrogen and oxygen atoms in total. The molecule has 0 saturated carbocycles. The van der Waals surface area contributed by atoms with Gasteiger partial charge < -0.3 is 19.7 Å². The molecule has 2 aromatic carbocycles. The maximum atomic E-state index is 13.0. The van der Waals surface area contributed by atoms with Crippen LogP contribution in [0, 0.1) is 0 Å².